The summed E-state index contributed by atoms with van der Waals surface area (Å²) in [6.07, 6.45) is 2.18. The molecule has 7 nitrogen and oxygen atoms in total. The van der Waals surface area contributed by atoms with Gasteiger partial charge in [0.2, 0.25) is 0 Å². The molecule has 30 heavy (non-hydrogen) atoms. The molecule has 0 bridgehead atoms. The Bertz CT molecular complexity index is 885. The minimum atomic E-state index is -4.50. The minimum Gasteiger partial charge on any atom is -0.323 e. The number of rotatable bonds is 9. The highest BCUT2D eigenvalue weighted by Gasteiger charge is 2.38. The first kappa shape index (κ1) is 23.1. The molecule has 3 rings (SSSR count). The van der Waals surface area contributed by atoms with Crippen molar-refractivity contribution in [3.05, 3.63) is 70.8 Å². The van der Waals surface area contributed by atoms with E-state index in [1.54, 1.807) is 0 Å². The van der Waals surface area contributed by atoms with Crippen molar-refractivity contribution in [2.45, 2.75) is 57.2 Å². The summed E-state index contributed by atoms with van der Waals surface area (Å²) >= 11 is 0. The SMILES string of the molecule is Cc1cccc(CONC(C)c2ccc([C@@H]3CC[C@](N)(COP(=O)(O)O)C3)cc2)c1. The van der Waals surface area contributed by atoms with Crippen LogP contribution in [0.25, 0.3) is 0 Å². The van der Waals surface area contributed by atoms with E-state index in [2.05, 4.69) is 53.3 Å². The van der Waals surface area contributed by atoms with Crippen molar-refractivity contribution in [1.29, 1.82) is 0 Å². The Morgan fingerprint density at radius 3 is 2.67 bits per heavy atom. The fraction of sp³-hybridized carbons (Fsp3) is 0.455. The number of hydroxylamine groups is 1. The van der Waals surface area contributed by atoms with Gasteiger partial charge in [0, 0.05) is 5.54 Å². The highest BCUT2D eigenvalue weighted by molar-refractivity contribution is 7.46. The molecular weight excluding hydrogens is 403 g/mol. The zero-order valence-electron chi connectivity index (χ0n) is 17.5. The molecule has 0 radical (unpaired) electrons. The fourth-order valence-corrected chi connectivity index (χ4v) is 4.39. The highest BCUT2D eigenvalue weighted by Crippen LogP contribution is 2.43. The predicted octanol–water partition coefficient (Wildman–Crippen LogP) is 3.85. The van der Waals surface area contributed by atoms with E-state index >= 15 is 0 Å². The molecule has 2 aromatic rings. The lowest BCUT2D eigenvalue weighted by atomic mass is 9.92. The highest BCUT2D eigenvalue weighted by atomic mass is 31.2. The normalized spacial score (nSPS) is 22.9. The van der Waals surface area contributed by atoms with E-state index < -0.39 is 13.4 Å². The van der Waals surface area contributed by atoms with Gasteiger partial charge in [-0.1, -0.05) is 54.1 Å². The van der Waals surface area contributed by atoms with E-state index in [1.807, 2.05) is 19.1 Å². The van der Waals surface area contributed by atoms with E-state index in [0.717, 1.165) is 17.5 Å². The molecule has 1 unspecified atom stereocenters. The third-order valence-electron chi connectivity index (χ3n) is 5.65. The summed E-state index contributed by atoms with van der Waals surface area (Å²) < 4.78 is 15.6. The number of phosphoric ester groups is 1. The number of benzene rings is 2. The average Bonchev–Trinajstić information content (AvgIpc) is 3.09. The van der Waals surface area contributed by atoms with E-state index in [1.165, 1.54) is 11.1 Å². The van der Waals surface area contributed by atoms with Crippen LogP contribution in [-0.2, 0) is 20.5 Å². The Labute approximate surface area is 177 Å². The lowest BCUT2D eigenvalue weighted by Gasteiger charge is -2.24. The van der Waals surface area contributed by atoms with Gasteiger partial charge in [-0.3, -0.25) is 9.36 Å². The molecule has 1 aliphatic carbocycles. The van der Waals surface area contributed by atoms with Gasteiger partial charge in [0.1, 0.15) is 0 Å². The van der Waals surface area contributed by atoms with Crippen LogP contribution in [0.15, 0.2) is 48.5 Å². The average molecular weight is 434 g/mol. The van der Waals surface area contributed by atoms with Gasteiger partial charge in [-0.05, 0) is 55.7 Å². The molecule has 0 saturated heterocycles. The van der Waals surface area contributed by atoms with Crippen LogP contribution in [0.4, 0.5) is 0 Å². The van der Waals surface area contributed by atoms with Crippen LogP contribution in [0.2, 0.25) is 0 Å². The first-order valence-corrected chi connectivity index (χ1v) is 11.7. The summed E-state index contributed by atoms with van der Waals surface area (Å²) in [5.41, 5.74) is 13.3. The number of hydrogen-bond donors (Lipinski definition) is 4. The second kappa shape index (κ2) is 9.71. The predicted molar refractivity (Wildman–Crippen MR) is 115 cm³/mol. The summed E-state index contributed by atoms with van der Waals surface area (Å²) in [5, 5.41) is 0. The van der Waals surface area contributed by atoms with E-state index in [4.69, 9.17) is 20.4 Å². The number of nitrogens with one attached hydrogen (secondary N) is 1. The van der Waals surface area contributed by atoms with Gasteiger partial charge in [0.15, 0.2) is 0 Å². The van der Waals surface area contributed by atoms with Gasteiger partial charge in [0.25, 0.3) is 0 Å². The second-order valence-electron chi connectivity index (χ2n) is 8.35. The Kier molecular flexibility index (Phi) is 7.47. The molecule has 0 spiro atoms. The minimum absolute atomic E-state index is 0.0395. The third kappa shape index (κ3) is 6.72. The number of aryl methyl sites for hydroxylation is 1. The lowest BCUT2D eigenvalue weighted by molar-refractivity contribution is 0.00696. The molecule has 0 aromatic heterocycles. The van der Waals surface area contributed by atoms with Gasteiger partial charge in [-0.25, -0.2) is 4.57 Å². The van der Waals surface area contributed by atoms with Crippen molar-refractivity contribution in [3.8, 4) is 0 Å². The maximum atomic E-state index is 11.0. The standard InChI is InChI=1S/C22H31N2O5P/c1-16-4-3-5-18(12-16)14-28-24-17(2)19-6-8-20(9-7-19)21-10-11-22(23,13-21)15-29-30(25,26)27/h3-9,12,17,21,24H,10-11,13-15,23H2,1-2H3,(H2,25,26,27)/t17?,21-,22-/m1/s1. The molecular formula is C22H31N2O5P. The van der Waals surface area contributed by atoms with Gasteiger partial charge in [-0.15, -0.1) is 0 Å². The largest absolute Gasteiger partial charge is 0.469 e. The van der Waals surface area contributed by atoms with Crippen molar-refractivity contribution in [3.63, 3.8) is 0 Å². The van der Waals surface area contributed by atoms with Crippen molar-refractivity contribution in [1.82, 2.24) is 5.48 Å². The summed E-state index contributed by atoms with van der Waals surface area (Å²) in [7, 11) is -4.50. The molecule has 2 aromatic carbocycles. The van der Waals surface area contributed by atoms with Gasteiger partial charge in [0.05, 0.1) is 19.3 Å². The Hall–Kier alpha value is -1.57. The zero-order chi connectivity index (χ0) is 21.8. The Balaban J connectivity index is 1.50. The van der Waals surface area contributed by atoms with Crippen molar-refractivity contribution in [2.24, 2.45) is 5.73 Å². The number of nitrogens with two attached hydrogens (primary N) is 1. The van der Waals surface area contributed by atoms with Crippen LogP contribution in [-0.4, -0.2) is 21.9 Å². The van der Waals surface area contributed by atoms with Crippen molar-refractivity contribution >= 4 is 7.82 Å². The summed E-state index contributed by atoms with van der Waals surface area (Å²) in [6, 6.07) is 16.6. The number of hydrogen-bond acceptors (Lipinski definition) is 5. The third-order valence-corrected chi connectivity index (χ3v) is 6.12. The molecule has 1 saturated carbocycles. The van der Waals surface area contributed by atoms with Crippen LogP contribution in [0.1, 0.15) is 60.4 Å². The topological polar surface area (TPSA) is 114 Å². The molecule has 8 heteroatoms. The molecule has 1 aliphatic rings. The van der Waals surface area contributed by atoms with Gasteiger partial charge in [-0.2, -0.15) is 5.48 Å². The summed E-state index contributed by atoms with van der Waals surface area (Å²) in [4.78, 5) is 23.5. The zero-order valence-corrected chi connectivity index (χ0v) is 18.3. The Morgan fingerprint density at radius 1 is 1.27 bits per heavy atom. The quantitative estimate of drug-likeness (QED) is 0.350. The van der Waals surface area contributed by atoms with Crippen LogP contribution < -0.4 is 11.2 Å². The molecule has 0 heterocycles. The van der Waals surface area contributed by atoms with Gasteiger partial charge >= 0.3 is 7.82 Å². The molecule has 0 aliphatic heterocycles. The molecule has 1 fully saturated rings. The monoisotopic (exact) mass is 434 g/mol. The second-order valence-corrected chi connectivity index (χ2v) is 9.59. The maximum Gasteiger partial charge on any atom is 0.469 e. The van der Waals surface area contributed by atoms with Crippen LogP contribution in [0.3, 0.4) is 0 Å². The van der Waals surface area contributed by atoms with Crippen LogP contribution >= 0.6 is 7.82 Å². The molecule has 0 amide bonds. The smallest absolute Gasteiger partial charge is 0.323 e. The van der Waals surface area contributed by atoms with E-state index in [9.17, 15) is 4.57 Å². The first-order valence-electron chi connectivity index (χ1n) is 10.2. The fourth-order valence-electron chi connectivity index (χ4n) is 3.96. The van der Waals surface area contributed by atoms with Crippen LogP contribution in [0.5, 0.6) is 0 Å². The lowest BCUT2D eigenvalue weighted by Crippen LogP contribution is -2.41. The molecule has 3 atom stereocenters. The first-order chi connectivity index (χ1) is 14.1. The molecule has 5 N–H and O–H groups in total. The van der Waals surface area contributed by atoms with Crippen molar-refractivity contribution in [2.75, 3.05) is 6.61 Å². The molecule has 164 valence electrons. The van der Waals surface area contributed by atoms with Gasteiger partial charge < -0.3 is 15.5 Å². The summed E-state index contributed by atoms with van der Waals surface area (Å²) in [6.45, 7) is 4.47. The maximum absolute atomic E-state index is 11.0. The van der Waals surface area contributed by atoms with E-state index in [0.29, 0.717) is 19.4 Å². The number of phosphoric acid groups is 1. The van der Waals surface area contributed by atoms with E-state index in [-0.39, 0.29) is 18.6 Å². The van der Waals surface area contributed by atoms with Crippen LogP contribution in [0, 0.1) is 6.92 Å². The van der Waals surface area contributed by atoms with Crippen molar-refractivity contribution < 1.29 is 23.7 Å². The Morgan fingerprint density at radius 2 is 2.00 bits per heavy atom. The summed E-state index contributed by atoms with van der Waals surface area (Å²) in [5.74, 6) is 0.255.